The highest BCUT2D eigenvalue weighted by Gasteiger charge is 2.03. The topological polar surface area (TPSA) is 77.8 Å². The molecule has 0 fully saturated rings. The molecule has 2 rings (SSSR count). The van der Waals surface area contributed by atoms with Gasteiger partial charge in [0.2, 0.25) is 0 Å². The molecule has 0 radical (unpaired) electrons. The van der Waals surface area contributed by atoms with Crippen molar-refractivity contribution in [3.05, 3.63) is 30.4 Å². The molecule has 2 heterocycles. The lowest BCUT2D eigenvalue weighted by Crippen LogP contribution is -1.98. The fourth-order valence-corrected chi connectivity index (χ4v) is 1.42. The van der Waals surface area contributed by atoms with Crippen LogP contribution in [-0.4, -0.2) is 15.0 Å². The van der Waals surface area contributed by atoms with Gasteiger partial charge < -0.3 is 10.2 Å². The lowest BCUT2D eigenvalue weighted by atomic mass is 10.4. The molecule has 0 atom stereocenters. The minimum atomic E-state index is 0.448. The summed E-state index contributed by atoms with van der Waals surface area (Å²) in [6, 6.07) is 0. The SMILES string of the molecule is NCc1cnc(Sc2ncco2)nc1. The number of rotatable bonds is 3. The van der Waals surface area contributed by atoms with Crippen LogP contribution in [0.5, 0.6) is 0 Å². The molecule has 2 aromatic heterocycles. The number of hydrogen-bond acceptors (Lipinski definition) is 6. The Kier molecular flexibility index (Phi) is 2.76. The molecule has 0 aliphatic carbocycles. The minimum absolute atomic E-state index is 0.448. The molecule has 0 unspecified atom stereocenters. The summed E-state index contributed by atoms with van der Waals surface area (Å²) in [7, 11) is 0. The third-order valence-corrected chi connectivity index (χ3v) is 2.28. The molecular formula is C8H8N4OS. The van der Waals surface area contributed by atoms with Crippen molar-refractivity contribution in [1.29, 1.82) is 0 Å². The summed E-state index contributed by atoms with van der Waals surface area (Å²) in [6.07, 6.45) is 6.48. The van der Waals surface area contributed by atoms with Gasteiger partial charge >= 0.3 is 0 Å². The van der Waals surface area contributed by atoms with Gasteiger partial charge in [-0.05, 0) is 0 Å². The van der Waals surface area contributed by atoms with Crippen LogP contribution in [0.25, 0.3) is 0 Å². The van der Waals surface area contributed by atoms with Crippen LogP contribution in [0.1, 0.15) is 5.56 Å². The van der Waals surface area contributed by atoms with Crippen LogP contribution >= 0.6 is 11.8 Å². The molecular weight excluding hydrogens is 200 g/mol. The van der Waals surface area contributed by atoms with E-state index in [4.69, 9.17) is 10.2 Å². The summed E-state index contributed by atoms with van der Waals surface area (Å²) in [5, 5.41) is 1.13. The summed E-state index contributed by atoms with van der Waals surface area (Å²) in [4.78, 5) is 12.1. The Bertz CT molecular complexity index is 386. The highest BCUT2D eigenvalue weighted by molar-refractivity contribution is 7.98. The normalized spacial score (nSPS) is 10.4. The van der Waals surface area contributed by atoms with Gasteiger partial charge in [0.15, 0.2) is 5.16 Å². The van der Waals surface area contributed by atoms with E-state index in [1.54, 1.807) is 18.6 Å². The van der Waals surface area contributed by atoms with E-state index < -0.39 is 0 Å². The number of nitrogens with two attached hydrogens (primary N) is 1. The van der Waals surface area contributed by atoms with Crippen molar-refractivity contribution in [2.75, 3.05) is 0 Å². The van der Waals surface area contributed by atoms with E-state index in [0.29, 0.717) is 16.9 Å². The van der Waals surface area contributed by atoms with Gasteiger partial charge in [-0.2, -0.15) is 0 Å². The molecule has 0 spiro atoms. The van der Waals surface area contributed by atoms with Crippen LogP contribution in [0.15, 0.2) is 39.7 Å². The van der Waals surface area contributed by atoms with Gasteiger partial charge in [0.05, 0.1) is 6.20 Å². The van der Waals surface area contributed by atoms with E-state index in [2.05, 4.69) is 15.0 Å². The molecule has 0 aromatic carbocycles. The average Bonchev–Trinajstić information content (AvgIpc) is 2.72. The Morgan fingerprint density at radius 2 is 2.07 bits per heavy atom. The highest BCUT2D eigenvalue weighted by Crippen LogP contribution is 2.21. The molecule has 2 N–H and O–H groups in total. The molecule has 0 aliphatic heterocycles. The van der Waals surface area contributed by atoms with Gasteiger partial charge in [0, 0.05) is 36.3 Å². The first-order valence-electron chi connectivity index (χ1n) is 3.97. The summed E-state index contributed by atoms with van der Waals surface area (Å²) in [6.45, 7) is 0.448. The quantitative estimate of drug-likeness (QED) is 0.760. The van der Waals surface area contributed by atoms with Crippen LogP contribution in [0.3, 0.4) is 0 Å². The zero-order valence-electron chi connectivity index (χ0n) is 7.25. The zero-order valence-corrected chi connectivity index (χ0v) is 8.07. The standard InChI is InChI=1S/C8H8N4OS/c9-3-6-4-11-7(12-5-6)14-8-10-1-2-13-8/h1-2,4-5H,3,9H2. The second-order valence-corrected chi connectivity index (χ2v) is 3.40. The first kappa shape index (κ1) is 9.17. The van der Waals surface area contributed by atoms with Crippen molar-refractivity contribution in [2.24, 2.45) is 5.73 Å². The molecule has 72 valence electrons. The summed E-state index contributed by atoms with van der Waals surface area (Å²) < 4.78 is 5.04. The Balaban J connectivity index is 2.10. The second kappa shape index (κ2) is 4.21. The Morgan fingerprint density at radius 1 is 1.29 bits per heavy atom. The van der Waals surface area contributed by atoms with E-state index in [0.717, 1.165) is 5.56 Å². The summed E-state index contributed by atoms with van der Waals surface area (Å²) >= 11 is 1.27. The van der Waals surface area contributed by atoms with Crippen molar-refractivity contribution in [2.45, 2.75) is 16.9 Å². The van der Waals surface area contributed by atoms with Crippen molar-refractivity contribution in [3.8, 4) is 0 Å². The Hall–Kier alpha value is -1.40. The minimum Gasteiger partial charge on any atom is -0.440 e. The van der Waals surface area contributed by atoms with Crippen molar-refractivity contribution >= 4 is 11.8 Å². The maximum Gasteiger partial charge on any atom is 0.263 e. The Labute approximate surface area is 84.8 Å². The number of aromatic nitrogens is 3. The zero-order chi connectivity index (χ0) is 9.80. The molecule has 6 heteroatoms. The van der Waals surface area contributed by atoms with Gasteiger partial charge in [-0.25, -0.2) is 15.0 Å². The molecule has 5 nitrogen and oxygen atoms in total. The van der Waals surface area contributed by atoms with Crippen LogP contribution in [0.4, 0.5) is 0 Å². The van der Waals surface area contributed by atoms with Gasteiger partial charge in [0.1, 0.15) is 6.26 Å². The second-order valence-electron chi connectivity index (χ2n) is 2.48. The smallest absolute Gasteiger partial charge is 0.263 e. The van der Waals surface area contributed by atoms with Gasteiger partial charge in [-0.3, -0.25) is 0 Å². The van der Waals surface area contributed by atoms with Gasteiger partial charge in [0.25, 0.3) is 5.22 Å². The summed E-state index contributed by atoms with van der Waals surface area (Å²) in [5.41, 5.74) is 6.32. The number of oxazole rings is 1. The largest absolute Gasteiger partial charge is 0.440 e. The van der Waals surface area contributed by atoms with Crippen LogP contribution < -0.4 is 5.73 Å². The predicted molar refractivity (Wildman–Crippen MR) is 50.5 cm³/mol. The number of hydrogen-bond donors (Lipinski definition) is 1. The van der Waals surface area contributed by atoms with E-state index in [9.17, 15) is 0 Å². The first-order valence-corrected chi connectivity index (χ1v) is 4.78. The molecule has 0 saturated carbocycles. The van der Waals surface area contributed by atoms with Crippen LogP contribution in [-0.2, 0) is 6.54 Å². The van der Waals surface area contributed by atoms with Crippen molar-refractivity contribution < 1.29 is 4.42 Å². The molecule has 0 bridgehead atoms. The van der Waals surface area contributed by atoms with Crippen LogP contribution in [0, 0.1) is 0 Å². The molecule has 2 aromatic rings. The monoisotopic (exact) mass is 208 g/mol. The summed E-state index contributed by atoms with van der Waals surface area (Å²) in [5.74, 6) is 0. The molecule has 0 saturated heterocycles. The van der Waals surface area contributed by atoms with E-state index in [1.165, 1.54) is 18.0 Å². The maximum absolute atomic E-state index is 5.42. The third-order valence-electron chi connectivity index (χ3n) is 1.51. The molecule has 0 aliphatic rings. The lowest BCUT2D eigenvalue weighted by molar-refractivity contribution is 0.453. The fraction of sp³-hybridized carbons (Fsp3) is 0.125. The first-order chi connectivity index (χ1) is 6.88. The van der Waals surface area contributed by atoms with E-state index in [1.807, 2.05) is 0 Å². The van der Waals surface area contributed by atoms with Crippen molar-refractivity contribution in [3.63, 3.8) is 0 Å². The van der Waals surface area contributed by atoms with E-state index >= 15 is 0 Å². The van der Waals surface area contributed by atoms with Crippen LogP contribution in [0.2, 0.25) is 0 Å². The number of nitrogens with zero attached hydrogens (tertiary/aromatic N) is 3. The third kappa shape index (κ3) is 2.09. The Morgan fingerprint density at radius 3 is 2.64 bits per heavy atom. The maximum atomic E-state index is 5.42. The molecule has 0 amide bonds. The van der Waals surface area contributed by atoms with Crippen molar-refractivity contribution in [1.82, 2.24) is 15.0 Å². The van der Waals surface area contributed by atoms with Gasteiger partial charge in [-0.15, -0.1) is 0 Å². The average molecular weight is 208 g/mol. The predicted octanol–water partition coefficient (Wildman–Crippen LogP) is 1.07. The van der Waals surface area contributed by atoms with Gasteiger partial charge in [-0.1, -0.05) is 0 Å². The lowest BCUT2D eigenvalue weighted by Gasteiger charge is -1.96. The highest BCUT2D eigenvalue weighted by atomic mass is 32.2. The molecule has 14 heavy (non-hydrogen) atoms. The fourth-order valence-electron chi connectivity index (χ4n) is 0.840. The van der Waals surface area contributed by atoms with E-state index in [-0.39, 0.29) is 0 Å².